The van der Waals surface area contributed by atoms with Gasteiger partial charge in [-0.1, -0.05) is 18.7 Å². The normalized spacial score (nSPS) is 14.1. The zero-order valence-corrected chi connectivity index (χ0v) is 12.9. The van der Waals surface area contributed by atoms with E-state index in [-0.39, 0.29) is 11.7 Å². The Morgan fingerprint density at radius 2 is 2.19 bits per heavy atom. The Bertz CT molecular complexity index is 514. The number of carbonyl (C=O) groups excluding carboxylic acids is 1. The third-order valence-corrected chi connectivity index (χ3v) is 4.05. The molecular weight excluding hydrogens is 292 g/mol. The van der Waals surface area contributed by atoms with Gasteiger partial charge in [-0.3, -0.25) is 9.59 Å². The number of amides is 1. The molecule has 1 aliphatic rings. The van der Waals surface area contributed by atoms with Crippen molar-refractivity contribution < 1.29 is 14.7 Å². The van der Waals surface area contributed by atoms with Crippen LogP contribution >= 0.6 is 11.8 Å². The van der Waals surface area contributed by atoms with Gasteiger partial charge in [0.25, 0.3) is 0 Å². The second-order valence-electron chi connectivity index (χ2n) is 5.07. The predicted molar refractivity (Wildman–Crippen MR) is 78.2 cm³/mol. The van der Waals surface area contributed by atoms with Gasteiger partial charge in [0.2, 0.25) is 5.91 Å². The molecule has 0 aromatic carbocycles. The predicted octanol–water partition coefficient (Wildman–Crippen LogP) is 1.08. The summed E-state index contributed by atoms with van der Waals surface area (Å²) in [6.07, 6.45) is 4.20. The van der Waals surface area contributed by atoms with Crippen LogP contribution in [0.15, 0.2) is 5.16 Å². The highest BCUT2D eigenvalue weighted by atomic mass is 32.2. The van der Waals surface area contributed by atoms with Crippen LogP contribution in [-0.4, -0.2) is 43.5 Å². The number of aryl methyl sites for hydroxylation is 1. The maximum Gasteiger partial charge on any atom is 0.313 e. The van der Waals surface area contributed by atoms with Crippen molar-refractivity contribution >= 4 is 23.6 Å². The number of nitrogens with zero attached hydrogens (tertiary/aromatic N) is 3. The van der Waals surface area contributed by atoms with Crippen LogP contribution in [0.2, 0.25) is 0 Å². The van der Waals surface area contributed by atoms with Gasteiger partial charge in [0.1, 0.15) is 5.82 Å². The van der Waals surface area contributed by atoms with Gasteiger partial charge in [-0.05, 0) is 19.3 Å². The highest BCUT2D eigenvalue weighted by Crippen LogP contribution is 2.20. The largest absolute Gasteiger partial charge is 0.481 e. The van der Waals surface area contributed by atoms with Gasteiger partial charge >= 0.3 is 5.97 Å². The van der Waals surface area contributed by atoms with E-state index < -0.39 is 5.97 Å². The Labute approximate surface area is 127 Å². The molecule has 1 fully saturated rings. The van der Waals surface area contributed by atoms with Crippen molar-refractivity contribution in [3.05, 3.63) is 5.82 Å². The number of aromatic nitrogens is 3. The lowest BCUT2D eigenvalue weighted by molar-refractivity contribution is -0.134. The monoisotopic (exact) mass is 312 g/mol. The number of carboxylic acids is 1. The number of thioether (sulfide) groups is 1. The van der Waals surface area contributed by atoms with Gasteiger partial charge in [0, 0.05) is 25.4 Å². The molecule has 0 atom stereocenters. The molecule has 1 aromatic rings. The maximum atomic E-state index is 11.8. The van der Waals surface area contributed by atoms with Gasteiger partial charge in [0.15, 0.2) is 5.16 Å². The summed E-state index contributed by atoms with van der Waals surface area (Å²) in [5.74, 6) is -0.107. The van der Waals surface area contributed by atoms with Crippen molar-refractivity contribution in [2.75, 3.05) is 5.75 Å². The SMILES string of the molecule is CCCc1nnc(SCC(=O)O)n1CCC(=O)NC1CC1. The molecule has 2 N–H and O–H groups in total. The van der Waals surface area contributed by atoms with Crippen LogP contribution in [-0.2, 0) is 22.6 Å². The lowest BCUT2D eigenvalue weighted by Gasteiger charge is -2.09. The minimum Gasteiger partial charge on any atom is -0.481 e. The fourth-order valence-corrected chi connectivity index (χ4v) is 2.63. The Morgan fingerprint density at radius 3 is 2.81 bits per heavy atom. The molecule has 1 saturated carbocycles. The second-order valence-corrected chi connectivity index (χ2v) is 6.02. The molecule has 2 rings (SSSR count). The molecule has 116 valence electrons. The van der Waals surface area contributed by atoms with E-state index in [4.69, 9.17) is 5.11 Å². The van der Waals surface area contributed by atoms with Crippen molar-refractivity contribution in [1.29, 1.82) is 0 Å². The molecule has 0 aliphatic heterocycles. The summed E-state index contributed by atoms with van der Waals surface area (Å²) in [6.45, 7) is 2.53. The Hall–Kier alpha value is -1.57. The smallest absolute Gasteiger partial charge is 0.313 e. The zero-order valence-electron chi connectivity index (χ0n) is 12.0. The molecule has 21 heavy (non-hydrogen) atoms. The first-order valence-corrected chi connectivity index (χ1v) is 8.14. The van der Waals surface area contributed by atoms with Crippen molar-refractivity contribution in [1.82, 2.24) is 20.1 Å². The van der Waals surface area contributed by atoms with E-state index in [2.05, 4.69) is 15.5 Å². The van der Waals surface area contributed by atoms with Crippen LogP contribution in [0, 0.1) is 0 Å². The first-order valence-electron chi connectivity index (χ1n) is 7.16. The lowest BCUT2D eigenvalue weighted by atomic mass is 10.3. The topological polar surface area (TPSA) is 97.1 Å². The van der Waals surface area contributed by atoms with Crippen molar-refractivity contribution in [2.45, 2.75) is 56.8 Å². The first-order chi connectivity index (χ1) is 10.1. The third kappa shape index (κ3) is 5.04. The molecule has 7 nitrogen and oxygen atoms in total. The number of hydrogen-bond donors (Lipinski definition) is 2. The summed E-state index contributed by atoms with van der Waals surface area (Å²) in [5, 5.41) is 20.4. The van der Waals surface area contributed by atoms with Gasteiger partial charge in [-0.25, -0.2) is 0 Å². The van der Waals surface area contributed by atoms with E-state index in [1.165, 1.54) is 0 Å². The van der Waals surface area contributed by atoms with Gasteiger partial charge in [-0.2, -0.15) is 0 Å². The molecule has 0 spiro atoms. The molecular formula is C13H20N4O3S. The highest BCUT2D eigenvalue weighted by molar-refractivity contribution is 7.99. The van der Waals surface area contributed by atoms with E-state index >= 15 is 0 Å². The van der Waals surface area contributed by atoms with Crippen molar-refractivity contribution in [2.24, 2.45) is 0 Å². The van der Waals surface area contributed by atoms with E-state index in [0.717, 1.165) is 43.3 Å². The molecule has 1 aliphatic carbocycles. The maximum absolute atomic E-state index is 11.8. The summed E-state index contributed by atoms with van der Waals surface area (Å²) >= 11 is 1.14. The lowest BCUT2D eigenvalue weighted by Crippen LogP contribution is -2.26. The third-order valence-electron chi connectivity index (χ3n) is 3.10. The minimum absolute atomic E-state index is 0.0304. The first kappa shape index (κ1) is 15.8. The molecule has 0 saturated heterocycles. The minimum atomic E-state index is -0.891. The quantitative estimate of drug-likeness (QED) is 0.662. The molecule has 1 aromatic heterocycles. The summed E-state index contributed by atoms with van der Waals surface area (Å²) in [4.78, 5) is 22.4. The van der Waals surface area contributed by atoms with Crippen LogP contribution in [0.5, 0.6) is 0 Å². The van der Waals surface area contributed by atoms with Crippen molar-refractivity contribution in [3.63, 3.8) is 0 Å². The molecule has 1 heterocycles. The number of carboxylic acid groups (broad SMARTS) is 1. The fraction of sp³-hybridized carbons (Fsp3) is 0.692. The van der Waals surface area contributed by atoms with Gasteiger partial charge in [0.05, 0.1) is 5.75 Å². The van der Waals surface area contributed by atoms with E-state index in [1.807, 2.05) is 11.5 Å². The number of nitrogens with one attached hydrogen (secondary N) is 1. The van der Waals surface area contributed by atoms with Crippen LogP contribution in [0.4, 0.5) is 0 Å². The standard InChI is InChI=1S/C13H20N4O3S/c1-2-3-10-15-16-13(21-8-12(19)20)17(10)7-6-11(18)14-9-4-5-9/h9H,2-8H2,1H3,(H,14,18)(H,19,20). The number of carbonyl (C=O) groups is 2. The van der Waals surface area contributed by atoms with E-state index in [1.54, 1.807) is 0 Å². The Balaban J connectivity index is 1.96. The van der Waals surface area contributed by atoms with Crippen LogP contribution in [0.1, 0.15) is 38.4 Å². The fourth-order valence-electron chi connectivity index (χ4n) is 1.93. The van der Waals surface area contributed by atoms with E-state index in [0.29, 0.717) is 24.2 Å². The molecule has 0 unspecified atom stereocenters. The summed E-state index contributed by atoms with van der Waals surface area (Å²) in [7, 11) is 0. The Morgan fingerprint density at radius 1 is 1.43 bits per heavy atom. The van der Waals surface area contributed by atoms with Crippen molar-refractivity contribution in [3.8, 4) is 0 Å². The number of rotatable bonds is 9. The van der Waals surface area contributed by atoms with Crippen LogP contribution in [0.25, 0.3) is 0 Å². The molecule has 1 amide bonds. The van der Waals surface area contributed by atoms with Gasteiger partial charge < -0.3 is 15.0 Å². The summed E-state index contributed by atoms with van der Waals surface area (Å²) in [6, 6.07) is 0.356. The summed E-state index contributed by atoms with van der Waals surface area (Å²) in [5.41, 5.74) is 0. The van der Waals surface area contributed by atoms with E-state index in [9.17, 15) is 9.59 Å². The second kappa shape index (κ2) is 7.44. The molecule has 8 heteroatoms. The molecule has 0 bridgehead atoms. The number of aliphatic carboxylic acids is 1. The van der Waals surface area contributed by atoms with Crippen LogP contribution in [0.3, 0.4) is 0 Å². The highest BCUT2D eigenvalue weighted by Gasteiger charge is 2.23. The average Bonchev–Trinajstić information content (AvgIpc) is 3.15. The Kier molecular flexibility index (Phi) is 5.60. The average molecular weight is 312 g/mol. The van der Waals surface area contributed by atoms with Crippen LogP contribution < -0.4 is 5.32 Å². The zero-order chi connectivity index (χ0) is 15.2. The molecule has 0 radical (unpaired) electrons. The summed E-state index contributed by atoms with van der Waals surface area (Å²) < 4.78 is 1.86. The van der Waals surface area contributed by atoms with Gasteiger partial charge in [-0.15, -0.1) is 10.2 Å². The number of hydrogen-bond acceptors (Lipinski definition) is 5.